The lowest BCUT2D eigenvalue weighted by atomic mass is 10.1. The molecule has 1 fully saturated rings. The number of rotatable bonds is 3. The number of anilines is 1. The Morgan fingerprint density at radius 3 is 2.92 bits per heavy atom. The summed E-state index contributed by atoms with van der Waals surface area (Å²) in [5.41, 5.74) is 4.33. The molecule has 25 heavy (non-hydrogen) atoms. The predicted octanol–water partition coefficient (Wildman–Crippen LogP) is 3.42. The molecule has 0 atom stereocenters. The van der Waals surface area contributed by atoms with Crippen molar-refractivity contribution in [1.29, 1.82) is 0 Å². The molecule has 6 nitrogen and oxygen atoms in total. The Morgan fingerprint density at radius 2 is 2.12 bits per heavy atom. The molecule has 4 rings (SSSR count). The molecule has 1 aliphatic rings. The molecule has 0 saturated carbocycles. The minimum atomic E-state index is 0.458. The van der Waals surface area contributed by atoms with Gasteiger partial charge in [0.1, 0.15) is 11.5 Å². The lowest BCUT2D eigenvalue weighted by molar-refractivity contribution is 0.478. The van der Waals surface area contributed by atoms with Crippen molar-refractivity contribution in [3.63, 3.8) is 0 Å². The van der Waals surface area contributed by atoms with Gasteiger partial charge in [0.15, 0.2) is 0 Å². The van der Waals surface area contributed by atoms with Gasteiger partial charge >= 0.3 is 0 Å². The van der Waals surface area contributed by atoms with E-state index in [4.69, 9.17) is 11.6 Å². The van der Waals surface area contributed by atoms with E-state index in [0.29, 0.717) is 11.7 Å². The number of hydrogen-bond donors (Lipinski definition) is 2. The second-order valence-corrected chi connectivity index (χ2v) is 6.45. The molecule has 0 aromatic carbocycles. The zero-order chi connectivity index (χ0) is 17.2. The highest BCUT2D eigenvalue weighted by molar-refractivity contribution is 5.65. The van der Waals surface area contributed by atoms with E-state index in [1.54, 1.807) is 6.07 Å². The van der Waals surface area contributed by atoms with Crippen molar-refractivity contribution in [2.45, 2.75) is 25.8 Å². The van der Waals surface area contributed by atoms with E-state index in [1.165, 1.54) is 0 Å². The number of piperidine rings is 1. The Kier molecular flexibility index (Phi) is 4.08. The first-order chi connectivity index (χ1) is 12.2. The molecular formula is C19H20N6. The molecule has 6 heteroatoms. The average Bonchev–Trinajstić information content (AvgIpc) is 3.05. The first-order valence-corrected chi connectivity index (χ1v) is 8.54. The SMILES string of the molecule is [C-]#[N+]c1ccc2ncc(-c3cc(C)cc(NC4CCNCC4)n3)n2c1. The number of fused-ring (bicyclic) bond motifs is 1. The third kappa shape index (κ3) is 3.19. The number of pyridine rings is 2. The van der Waals surface area contributed by atoms with Gasteiger partial charge in [-0.15, -0.1) is 0 Å². The van der Waals surface area contributed by atoms with Crippen LogP contribution in [0.15, 0.2) is 36.7 Å². The highest BCUT2D eigenvalue weighted by Gasteiger charge is 2.15. The Labute approximate surface area is 146 Å². The molecule has 0 bridgehead atoms. The van der Waals surface area contributed by atoms with Gasteiger partial charge in [0, 0.05) is 12.2 Å². The summed E-state index contributed by atoms with van der Waals surface area (Å²) in [7, 11) is 0. The van der Waals surface area contributed by atoms with Crippen LogP contribution in [-0.2, 0) is 0 Å². The maximum atomic E-state index is 7.22. The fourth-order valence-electron chi connectivity index (χ4n) is 3.27. The Balaban J connectivity index is 1.71. The van der Waals surface area contributed by atoms with Gasteiger partial charge in [-0.05, 0) is 56.6 Å². The number of aryl methyl sites for hydroxylation is 1. The monoisotopic (exact) mass is 332 g/mol. The number of hydrogen-bond acceptors (Lipinski definition) is 4. The van der Waals surface area contributed by atoms with Gasteiger partial charge in [-0.3, -0.25) is 0 Å². The second kappa shape index (κ2) is 6.54. The molecule has 3 aromatic heterocycles. The zero-order valence-corrected chi connectivity index (χ0v) is 14.2. The molecule has 3 aromatic rings. The van der Waals surface area contributed by atoms with Crippen LogP contribution in [0.3, 0.4) is 0 Å². The standard InChI is InChI=1S/C19H20N6/c1-13-9-16(24-18(10-13)23-14-5-7-21-8-6-14)17-11-22-19-4-3-15(20-2)12-25(17)19/h3-4,9-12,14,21H,5-8H2,1H3,(H,23,24). The summed E-state index contributed by atoms with van der Waals surface area (Å²) in [6.45, 7) is 11.4. The molecule has 4 heterocycles. The largest absolute Gasteiger partial charge is 0.367 e. The van der Waals surface area contributed by atoms with Crippen molar-refractivity contribution in [1.82, 2.24) is 19.7 Å². The summed E-state index contributed by atoms with van der Waals surface area (Å²) in [4.78, 5) is 12.8. The van der Waals surface area contributed by atoms with Gasteiger partial charge < -0.3 is 15.0 Å². The van der Waals surface area contributed by atoms with Crippen LogP contribution in [0.25, 0.3) is 21.9 Å². The van der Waals surface area contributed by atoms with Gasteiger partial charge in [-0.25, -0.2) is 14.8 Å². The summed E-state index contributed by atoms with van der Waals surface area (Å²) in [6, 6.07) is 8.24. The predicted molar refractivity (Wildman–Crippen MR) is 98.9 cm³/mol. The van der Waals surface area contributed by atoms with Crippen molar-refractivity contribution < 1.29 is 0 Å². The summed E-state index contributed by atoms with van der Waals surface area (Å²) < 4.78 is 1.93. The van der Waals surface area contributed by atoms with Crippen LogP contribution in [0.5, 0.6) is 0 Å². The number of nitrogens with zero attached hydrogens (tertiary/aromatic N) is 4. The van der Waals surface area contributed by atoms with Crippen molar-refractivity contribution in [2.75, 3.05) is 18.4 Å². The minimum Gasteiger partial charge on any atom is -0.367 e. The van der Waals surface area contributed by atoms with E-state index in [-0.39, 0.29) is 0 Å². The van der Waals surface area contributed by atoms with E-state index >= 15 is 0 Å². The van der Waals surface area contributed by atoms with E-state index in [9.17, 15) is 0 Å². The number of aromatic nitrogens is 3. The summed E-state index contributed by atoms with van der Waals surface area (Å²) in [5, 5.41) is 6.95. The van der Waals surface area contributed by atoms with Gasteiger partial charge in [-0.2, -0.15) is 0 Å². The molecule has 0 amide bonds. The lowest BCUT2D eigenvalue weighted by Gasteiger charge is -2.24. The van der Waals surface area contributed by atoms with E-state index in [1.807, 2.05) is 22.9 Å². The van der Waals surface area contributed by atoms with Crippen molar-refractivity contribution >= 4 is 17.2 Å². The Bertz CT molecular complexity index is 946. The average molecular weight is 332 g/mol. The molecule has 1 aliphatic heterocycles. The smallest absolute Gasteiger partial charge is 0.203 e. The Morgan fingerprint density at radius 1 is 1.28 bits per heavy atom. The summed E-state index contributed by atoms with van der Waals surface area (Å²) in [5.74, 6) is 0.901. The fourth-order valence-corrected chi connectivity index (χ4v) is 3.27. The first-order valence-electron chi connectivity index (χ1n) is 8.54. The van der Waals surface area contributed by atoms with Crippen LogP contribution in [0.4, 0.5) is 11.5 Å². The molecule has 1 saturated heterocycles. The van der Waals surface area contributed by atoms with Crippen molar-refractivity contribution in [3.05, 3.63) is 53.6 Å². The second-order valence-electron chi connectivity index (χ2n) is 6.45. The molecular weight excluding hydrogens is 312 g/mol. The highest BCUT2D eigenvalue weighted by atomic mass is 15.1. The zero-order valence-electron chi connectivity index (χ0n) is 14.2. The maximum Gasteiger partial charge on any atom is 0.203 e. The van der Waals surface area contributed by atoms with Crippen molar-refractivity contribution in [2.24, 2.45) is 0 Å². The van der Waals surface area contributed by atoms with Gasteiger partial charge in [-0.1, -0.05) is 6.07 Å². The van der Waals surface area contributed by atoms with E-state index < -0.39 is 0 Å². The van der Waals surface area contributed by atoms with Gasteiger partial charge in [0.2, 0.25) is 5.69 Å². The number of imidazole rings is 1. The number of nitrogens with one attached hydrogen (secondary N) is 2. The van der Waals surface area contributed by atoms with Crippen molar-refractivity contribution in [3.8, 4) is 11.4 Å². The van der Waals surface area contributed by atoms with E-state index in [0.717, 1.165) is 54.3 Å². The maximum absolute atomic E-state index is 7.22. The molecule has 0 aliphatic carbocycles. The van der Waals surface area contributed by atoms with E-state index in [2.05, 4.69) is 39.5 Å². The molecule has 2 N–H and O–H groups in total. The highest BCUT2D eigenvalue weighted by Crippen LogP contribution is 2.25. The molecule has 0 spiro atoms. The lowest BCUT2D eigenvalue weighted by Crippen LogP contribution is -2.35. The third-order valence-electron chi connectivity index (χ3n) is 4.54. The quantitative estimate of drug-likeness (QED) is 0.722. The van der Waals surface area contributed by atoms with Crippen LogP contribution >= 0.6 is 0 Å². The van der Waals surface area contributed by atoms with Crippen LogP contribution < -0.4 is 10.6 Å². The molecule has 0 radical (unpaired) electrons. The topological polar surface area (TPSA) is 58.6 Å². The van der Waals surface area contributed by atoms with Crippen LogP contribution in [0, 0.1) is 13.5 Å². The first kappa shape index (κ1) is 15.6. The fraction of sp³-hybridized carbons (Fsp3) is 0.316. The van der Waals surface area contributed by atoms with Crippen LogP contribution in [0.1, 0.15) is 18.4 Å². The minimum absolute atomic E-state index is 0.458. The third-order valence-corrected chi connectivity index (χ3v) is 4.54. The molecule has 0 unspecified atom stereocenters. The Hall–Kier alpha value is -2.91. The van der Waals surface area contributed by atoms with Crippen LogP contribution in [0.2, 0.25) is 0 Å². The normalized spacial score (nSPS) is 15.2. The molecule has 126 valence electrons. The summed E-state index contributed by atoms with van der Waals surface area (Å²) in [6.07, 6.45) is 5.84. The van der Waals surface area contributed by atoms with Gasteiger partial charge in [0.25, 0.3) is 0 Å². The summed E-state index contributed by atoms with van der Waals surface area (Å²) >= 11 is 0. The van der Waals surface area contributed by atoms with Gasteiger partial charge in [0.05, 0.1) is 24.2 Å². The van der Waals surface area contributed by atoms with Crippen LogP contribution in [-0.4, -0.2) is 33.5 Å².